The SMILES string of the molecule is C=CCOc1c(Cl)cc(/C=C(\C#N)C(=O)Nc2ccc(CC)cc2)cc1OCC. The normalized spacial score (nSPS) is 10.8. The molecule has 150 valence electrons. The Labute approximate surface area is 176 Å². The molecule has 6 heteroatoms. The fourth-order valence-electron chi connectivity index (χ4n) is 2.55. The van der Waals surface area contributed by atoms with Crippen LogP contribution in [0.15, 0.2) is 54.6 Å². The fourth-order valence-corrected chi connectivity index (χ4v) is 2.83. The molecule has 0 heterocycles. The van der Waals surface area contributed by atoms with Crippen LogP contribution in [0.5, 0.6) is 11.5 Å². The van der Waals surface area contributed by atoms with E-state index in [1.807, 2.05) is 37.3 Å². The molecule has 5 nitrogen and oxygen atoms in total. The summed E-state index contributed by atoms with van der Waals surface area (Å²) in [6.45, 7) is 8.19. The third-order valence-electron chi connectivity index (χ3n) is 3.97. The fraction of sp³-hybridized carbons (Fsp3) is 0.217. The Bertz CT molecular complexity index is 944. The van der Waals surface area contributed by atoms with Crippen LogP contribution >= 0.6 is 11.6 Å². The molecule has 2 aromatic carbocycles. The van der Waals surface area contributed by atoms with E-state index in [0.717, 1.165) is 12.0 Å². The number of aryl methyl sites for hydroxylation is 1. The molecule has 0 fully saturated rings. The first-order valence-corrected chi connectivity index (χ1v) is 9.62. The van der Waals surface area contributed by atoms with Crippen molar-refractivity contribution in [2.45, 2.75) is 20.3 Å². The van der Waals surface area contributed by atoms with Gasteiger partial charge in [0.05, 0.1) is 11.6 Å². The van der Waals surface area contributed by atoms with E-state index in [9.17, 15) is 10.1 Å². The summed E-state index contributed by atoms with van der Waals surface area (Å²) in [5.74, 6) is 0.323. The van der Waals surface area contributed by atoms with Gasteiger partial charge in [-0.05, 0) is 54.8 Å². The topological polar surface area (TPSA) is 71.3 Å². The summed E-state index contributed by atoms with van der Waals surface area (Å²) in [6, 6.07) is 12.7. The zero-order chi connectivity index (χ0) is 21.2. The Hall–Kier alpha value is -3.23. The van der Waals surface area contributed by atoms with Crippen molar-refractivity contribution in [1.29, 1.82) is 5.26 Å². The van der Waals surface area contributed by atoms with E-state index in [1.165, 1.54) is 6.08 Å². The minimum atomic E-state index is -0.502. The Morgan fingerprint density at radius 1 is 1.24 bits per heavy atom. The minimum Gasteiger partial charge on any atom is -0.490 e. The van der Waals surface area contributed by atoms with Gasteiger partial charge in [-0.15, -0.1) is 0 Å². The number of halogens is 1. The van der Waals surface area contributed by atoms with Gasteiger partial charge >= 0.3 is 0 Å². The van der Waals surface area contributed by atoms with E-state index in [-0.39, 0.29) is 12.2 Å². The number of hydrogen-bond acceptors (Lipinski definition) is 4. The van der Waals surface area contributed by atoms with Crippen molar-refractivity contribution in [3.63, 3.8) is 0 Å². The van der Waals surface area contributed by atoms with Crippen molar-refractivity contribution in [2.24, 2.45) is 0 Å². The molecular formula is C23H23ClN2O3. The first kappa shape index (κ1) is 22.1. The molecule has 0 aromatic heterocycles. The zero-order valence-corrected chi connectivity index (χ0v) is 17.3. The number of nitriles is 1. The number of hydrogen-bond donors (Lipinski definition) is 1. The third kappa shape index (κ3) is 6.13. The lowest BCUT2D eigenvalue weighted by Gasteiger charge is -2.13. The van der Waals surface area contributed by atoms with Gasteiger partial charge in [-0.1, -0.05) is 43.3 Å². The highest BCUT2D eigenvalue weighted by Gasteiger charge is 2.14. The van der Waals surface area contributed by atoms with Gasteiger partial charge in [-0.2, -0.15) is 5.26 Å². The maximum atomic E-state index is 12.5. The minimum absolute atomic E-state index is 0.0529. The van der Waals surface area contributed by atoms with Crippen molar-refractivity contribution in [1.82, 2.24) is 0 Å². The van der Waals surface area contributed by atoms with Crippen LogP contribution in [-0.4, -0.2) is 19.1 Å². The number of carbonyl (C=O) groups is 1. The van der Waals surface area contributed by atoms with Crippen molar-refractivity contribution in [2.75, 3.05) is 18.5 Å². The maximum Gasteiger partial charge on any atom is 0.266 e. The summed E-state index contributed by atoms with van der Waals surface area (Å²) in [7, 11) is 0. The van der Waals surface area contributed by atoms with Crippen LogP contribution in [0.2, 0.25) is 5.02 Å². The highest BCUT2D eigenvalue weighted by Crippen LogP contribution is 2.37. The third-order valence-corrected chi connectivity index (χ3v) is 4.25. The molecule has 0 aliphatic heterocycles. The van der Waals surface area contributed by atoms with Crippen LogP contribution < -0.4 is 14.8 Å². The van der Waals surface area contributed by atoms with Gasteiger partial charge in [0.25, 0.3) is 5.91 Å². The predicted molar refractivity (Wildman–Crippen MR) is 116 cm³/mol. The number of amides is 1. The van der Waals surface area contributed by atoms with E-state index < -0.39 is 5.91 Å². The van der Waals surface area contributed by atoms with Gasteiger partial charge in [0, 0.05) is 5.69 Å². The van der Waals surface area contributed by atoms with E-state index in [2.05, 4.69) is 18.8 Å². The van der Waals surface area contributed by atoms with Crippen LogP contribution in [0.3, 0.4) is 0 Å². The predicted octanol–water partition coefficient (Wildman–Crippen LogP) is 5.41. The number of benzene rings is 2. The van der Waals surface area contributed by atoms with E-state index in [1.54, 1.807) is 18.2 Å². The second-order valence-electron chi connectivity index (χ2n) is 6.04. The highest BCUT2D eigenvalue weighted by molar-refractivity contribution is 6.32. The second-order valence-corrected chi connectivity index (χ2v) is 6.44. The van der Waals surface area contributed by atoms with Crippen molar-refractivity contribution in [3.05, 3.63) is 70.8 Å². The number of nitrogens with zero attached hydrogens (tertiary/aromatic N) is 1. The monoisotopic (exact) mass is 410 g/mol. The highest BCUT2D eigenvalue weighted by atomic mass is 35.5. The Balaban J connectivity index is 2.29. The Morgan fingerprint density at radius 2 is 1.97 bits per heavy atom. The smallest absolute Gasteiger partial charge is 0.266 e. The van der Waals surface area contributed by atoms with Crippen molar-refractivity contribution < 1.29 is 14.3 Å². The number of rotatable bonds is 9. The molecule has 0 atom stereocenters. The molecule has 1 N–H and O–H groups in total. The van der Waals surface area contributed by atoms with Gasteiger partial charge < -0.3 is 14.8 Å². The summed E-state index contributed by atoms with van der Waals surface area (Å²) in [5, 5.41) is 12.5. The van der Waals surface area contributed by atoms with Gasteiger partial charge in [-0.25, -0.2) is 0 Å². The molecule has 0 saturated carbocycles. The molecule has 2 aromatic rings. The molecule has 1 amide bonds. The molecule has 0 spiro atoms. The summed E-state index contributed by atoms with van der Waals surface area (Å²) in [5.41, 5.74) is 2.28. The molecule has 2 rings (SSSR count). The lowest BCUT2D eigenvalue weighted by Crippen LogP contribution is -2.13. The largest absolute Gasteiger partial charge is 0.490 e. The van der Waals surface area contributed by atoms with Crippen LogP contribution in [0.1, 0.15) is 25.0 Å². The number of ether oxygens (including phenoxy) is 2. The van der Waals surface area contributed by atoms with Gasteiger partial charge in [0.1, 0.15) is 18.2 Å². The molecule has 0 aliphatic carbocycles. The molecule has 0 unspecified atom stereocenters. The van der Waals surface area contributed by atoms with Gasteiger partial charge in [0.15, 0.2) is 11.5 Å². The van der Waals surface area contributed by atoms with Crippen LogP contribution in [0.25, 0.3) is 6.08 Å². The lowest BCUT2D eigenvalue weighted by atomic mass is 10.1. The average Bonchev–Trinajstić information content (AvgIpc) is 2.72. The molecule has 0 aliphatic rings. The number of carbonyl (C=O) groups excluding carboxylic acids is 1. The lowest BCUT2D eigenvalue weighted by molar-refractivity contribution is -0.112. The first-order chi connectivity index (χ1) is 14.0. The summed E-state index contributed by atoms with van der Waals surface area (Å²) in [4.78, 5) is 12.5. The Kier molecular flexibility index (Phi) is 8.32. The van der Waals surface area contributed by atoms with Crippen molar-refractivity contribution >= 4 is 29.3 Å². The zero-order valence-electron chi connectivity index (χ0n) is 16.5. The van der Waals surface area contributed by atoms with Crippen LogP contribution in [0.4, 0.5) is 5.69 Å². The van der Waals surface area contributed by atoms with E-state index >= 15 is 0 Å². The Morgan fingerprint density at radius 3 is 2.55 bits per heavy atom. The summed E-state index contributed by atoms with van der Waals surface area (Å²) >= 11 is 6.32. The van der Waals surface area contributed by atoms with Gasteiger partial charge in [-0.3, -0.25) is 4.79 Å². The standard InChI is InChI=1S/C23H23ClN2O3/c1-4-11-29-22-20(24)13-17(14-21(22)28-6-3)12-18(15-25)23(27)26-19-9-7-16(5-2)8-10-19/h4,7-10,12-14H,1,5-6,11H2,2-3H3,(H,26,27)/b18-12+. The first-order valence-electron chi connectivity index (χ1n) is 9.24. The summed E-state index contributed by atoms with van der Waals surface area (Å²) in [6.07, 6.45) is 3.97. The van der Waals surface area contributed by atoms with Crippen LogP contribution in [0, 0.1) is 11.3 Å². The second kappa shape index (κ2) is 10.9. The van der Waals surface area contributed by atoms with Gasteiger partial charge in [0.2, 0.25) is 0 Å². The van der Waals surface area contributed by atoms with E-state index in [4.69, 9.17) is 21.1 Å². The average molecular weight is 411 g/mol. The summed E-state index contributed by atoms with van der Waals surface area (Å²) < 4.78 is 11.2. The molecule has 29 heavy (non-hydrogen) atoms. The quantitative estimate of drug-likeness (QED) is 0.340. The van der Waals surface area contributed by atoms with Crippen LogP contribution in [-0.2, 0) is 11.2 Å². The molecule has 0 saturated heterocycles. The van der Waals surface area contributed by atoms with E-state index in [0.29, 0.717) is 34.4 Å². The molecular weight excluding hydrogens is 388 g/mol. The maximum absolute atomic E-state index is 12.5. The molecule has 0 radical (unpaired) electrons. The van der Waals surface area contributed by atoms with Crippen molar-refractivity contribution in [3.8, 4) is 17.6 Å². The molecule has 0 bridgehead atoms. The number of nitrogens with one attached hydrogen (secondary N) is 1. The number of anilines is 1.